The summed E-state index contributed by atoms with van der Waals surface area (Å²) in [7, 11) is 0. The maximum Gasteiger partial charge on any atom is 0.304 e. The van der Waals surface area contributed by atoms with Crippen LogP contribution in [0, 0.1) is 11.8 Å². The van der Waals surface area contributed by atoms with E-state index >= 15 is 0 Å². The molecule has 1 aromatic rings. The summed E-state index contributed by atoms with van der Waals surface area (Å²) in [6.45, 7) is 1.57. The molecule has 1 aliphatic rings. The Hall–Kier alpha value is -1.44. The number of carboxylic acids is 1. The standard InChI is InChI=1S/C15H17NO2S/c17-15(18)11-14-12-19-10-9-16(14)8-4-7-13-5-2-1-3-6-13/h1-3,5-6,14H,8-12H2,(H,17,18). The lowest BCUT2D eigenvalue weighted by molar-refractivity contribution is -0.138. The molecule has 0 amide bonds. The minimum absolute atomic E-state index is 0.112. The van der Waals surface area contributed by atoms with E-state index in [4.69, 9.17) is 5.11 Å². The molecular weight excluding hydrogens is 258 g/mol. The van der Waals surface area contributed by atoms with E-state index in [1.54, 1.807) is 0 Å². The summed E-state index contributed by atoms with van der Waals surface area (Å²) in [5.41, 5.74) is 1.00. The van der Waals surface area contributed by atoms with Gasteiger partial charge in [0.05, 0.1) is 13.0 Å². The normalized spacial score (nSPS) is 19.5. The van der Waals surface area contributed by atoms with Gasteiger partial charge in [-0.15, -0.1) is 0 Å². The van der Waals surface area contributed by atoms with E-state index in [1.165, 1.54) is 0 Å². The fourth-order valence-corrected chi connectivity index (χ4v) is 3.18. The molecule has 1 N–H and O–H groups in total. The van der Waals surface area contributed by atoms with Gasteiger partial charge in [0.1, 0.15) is 0 Å². The molecule has 1 unspecified atom stereocenters. The summed E-state index contributed by atoms with van der Waals surface area (Å²) in [6, 6.07) is 9.97. The third-order valence-electron chi connectivity index (χ3n) is 3.05. The van der Waals surface area contributed by atoms with Gasteiger partial charge in [0.15, 0.2) is 0 Å². The molecule has 2 rings (SSSR count). The second kappa shape index (κ2) is 7.22. The van der Waals surface area contributed by atoms with Crippen molar-refractivity contribution in [3.8, 4) is 11.8 Å². The number of carboxylic acid groups (broad SMARTS) is 1. The van der Waals surface area contributed by atoms with Gasteiger partial charge in [0, 0.05) is 29.7 Å². The van der Waals surface area contributed by atoms with Crippen LogP contribution >= 0.6 is 11.8 Å². The van der Waals surface area contributed by atoms with Gasteiger partial charge < -0.3 is 5.11 Å². The zero-order chi connectivity index (χ0) is 13.5. The van der Waals surface area contributed by atoms with Gasteiger partial charge in [-0.2, -0.15) is 11.8 Å². The predicted octanol–water partition coefficient (Wildman–Crippen LogP) is 1.93. The molecule has 0 bridgehead atoms. The van der Waals surface area contributed by atoms with E-state index in [1.807, 2.05) is 42.1 Å². The average Bonchev–Trinajstić information content (AvgIpc) is 2.41. The van der Waals surface area contributed by atoms with Gasteiger partial charge in [0.2, 0.25) is 0 Å². The number of rotatable bonds is 3. The number of aliphatic carboxylic acids is 1. The second-order valence-corrected chi connectivity index (χ2v) is 5.61. The van der Waals surface area contributed by atoms with Crippen LogP contribution in [0.15, 0.2) is 30.3 Å². The first-order chi connectivity index (χ1) is 9.25. The molecule has 19 heavy (non-hydrogen) atoms. The highest BCUT2D eigenvalue weighted by Crippen LogP contribution is 2.18. The van der Waals surface area contributed by atoms with Crippen LogP contribution in [0.5, 0.6) is 0 Å². The van der Waals surface area contributed by atoms with Gasteiger partial charge in [-0.05, 0) is 12.1 Å². The molecule has 1 heterocycles. The van der Waals surface area contributed by atoms with Gasteiger partial charge >= 0.3 is 5.97 Å². The number of thioether (sulfide) groups is 1. The Labute approximate surface area is 118 Å². The van der Waals surface area contributed by atoms with Crippen LogP contribution in [0.25, 0.3) is 0 Å². The van der Waals surface area contributed by atoms with Crippen molar-refractivity contribution < 1.29 is 9.90 Å². The summed E-state index contributed by atoms with van der Waals surface area (Å²) in [6.07, 6.45) is 0.208. The third kappa shape index (κ3) is 4.62. The molecule has 0 aromatic heterocycles. The van der Waals surface area contributed by atoms with Crippen molar-refractivity contribution in [2.24, 2.45) is 0 Å². The van der Waals surface area contributed by atoms with Crippen molar-refractivity contribution in [2.45, 2.75) is 12.5 Å². The quantitative estimate of drug-likeness (QED) is 0.856. The summed E-state index contributed by atoms with van der Waals surface area (Å²) in [4.78, 5) is 13.0. The SMILES string of the molecule is O=C(O)CC1CSCCN1CC#Cc1ccccc1. The molecule has 0 spiro atoms. The summed E-state index contributed by atoms with van der Waals surface area (Å²) in [5, 5.41) is 8.91. The van der Waals surface area contributed by atoms with Gasteiger partial charge in [-0.1, -0.05) is 30.0 Å². The highest BCUT2D eigenvalue weighted by molar-refractivity contribution is 7.99. The maximum atomic E-state index is 10.8. The Morgan fingerprint density at radius 3 is 2.95 bits per heavy atom. The highest BCUT2D eigenvalue weighted by atomic mass is 32.2. The van der Waals surface area contributed by atoms with E-state index in [-0.39, 0.29) is 12.5 Å². The van der Waals surface area contributed by atoms with Crippen LogP contribution in [0.2, 0.25) is 0 Å². The van der Waals surface area contributed by atoms with Crippen molar-refractivity contribution in [1.29, 1.82) is 0 Å². The molecular formula is C15H17NO2S. The van der Waals surface area contributed by atoms with E-state index in [2.05, 4.69) is 16.7 Å². The maximum absolute atomic E-state index is 10.8. The van der Waals surface area contributed by atoms with Crippen LogP contribution < -0.4 is 0 Å². The first-order valence-electron chi connectivity index (χ1n) is 6.33. The first-order valence-corrected chi connectivity index (χ1v) is 7.48. The highest BCUT2D eigenvalue weighted by Gasteiger charge is 2.23. The lowest BCUT2D eigenvalue weighted by Gasteiger charge is -2.32. The lowest BCUT2D eigenvalue weighted by Crippen LogP contribution is -2.43. The predicted molar refractivity (Wildman–Crippen MR) is 78.3 cm³/mol. The van der Waals surface area contributed by atoms with E-state index in [9.17, 15) is 4.79 Å². The Bertz CT molecular complexity index is 478. The van der Waals surface area contributed by atoms with Crippen LogP contribution in [0.4, 0.5) is 0 Å². The summed E-state index contributed by atoms with van der Waals surface area (Å²) in [5.74, 6) is 7.49. The number of hydrogen-bond donors (Lipinski definition) is 1. The average molecular weight is 275 g/mol. The number of nitrogens with zero attached hydrogens (tertiary/aromatic N) is 1. The topological polar surface area (TPSA) is 40.5 Å². The number of carbonyl (C=O) groups is 1. The Morgan fingerprint density at radius 1 is 1.42 bits per heavy atom. The molecule has 3 nitrogen and oxygen atoms in total. The van der Waals surface area contributed by atoms with Gasteiger partial charge in [0.25, 0.3) is 0 Å². The van der Waals surface area contributed by atoms with Crippen LogP contribution in [-0.4, -0.2) is 46.6 Å². The minimum atomic E-state index is -0.728. The second-order valence-electron chi connectivity index (χ2n) is 4.46. The zero-order valence-electron chi connectivity index (χ0n) is 10.7. The molecule has 1 atom stereocenters. The summed E-state index contributed by atoms with van der Waals surface area (Å²) < 4.78 is 0. The van der Waals surface area contributed by atoms with Crippen LogP contribution in [0.1, 0.15) is 12.0 Å². The molecule has 0 saturated carbocycles. The molecule has 0 radical (unpaired) electrons. The lowest BCUT2D eigenvalue weighted by atomic mass is 10.2. The molecule has 1 fully saturated rings. The molecule has 1 aromatic carbocycles. The number of hydrogen-bond acceptors (Lipinski definition) is 3. The molecule has 1 aliphatic heterocycles. The smallest absolute Gasteiger partial charge is 0.304 e. The van der Waals surface area contributed by atoms with Crippen molar-refractivity contribution in [3.05, 3.63) is 35.9 Å². The summed E-state index contributed by atoms with van der Waals surface area (Å²) >= 11 is 1.83. The van der Waals surface area contributed by atoms with Gasteiger partial charge in [-0.3, -0.25) is 9.69 Å². The fraction of sp³-hybridized carbons (Fsp3) is 0.400. The van der Waals surface area contributed by atoms with Gasteiger partial charge in [-0.25, -0.2) is 0 Å². The first kappa shape index (κ1) is 14.0. The Morgan fingerprint density at radius 2 is 2.21 bits per heavy atom. The molecule has 1 saturated heterocycles. The zero-order valence-corrected chi connectivity index (χ0v) is 11.5. The van der Waals surface area contributed by atoms with E-state index in [0.29, 0.717) is 6.54 Å². The van der Waals surface area contributed by atoms with Crippen molar-refractivity contribution >= 4 is 17.7 Å². The largest absolute Gasteiger partial charge is 0.481 e. The van der Waals surface area contributed by atoms with Crippen LogP contribution in [-0.2, 0) is 4.79 Å². The Balaban J connectivity index is 1.93. The van der Waals surface area contributed by atoms with E-state index in [0.717, 1.165) is 23.6 Å². The monoisotopic (exact) mass is 275 g/mol. The van der Waals surface area contributed by atoms with Crippen molar-refractivity contribution in [2.75, 3.05) is 24.6 Å². The van der Waals surface area contributed by atoms with E-state index < -0.39 is 5.97 Å². The van der Waals surface area contributed by atoms with Crippen molar-refractivity contribution in [3.63, 3.8) is 0 Å². The molecule has 4 heteroatoms. The fourth-order valence-electron chi connectivity index (χ4n) is 2.05. The van der Waals surface area contributed by atoms with Crippen LogP contribution in [0.3, 0.4) is 0 Å². The Kier molecular flexibility index (Phi) is 5.31. The molecule has 100 valence electrons. The molecule has 0 aliphatic carbocycles. The number of benzene rings is 1. The van der Waals surface area contributed by atoms with Crippen molar-refractivity contribution in [1.82, 2.24) is 4.90 Å². The third-order valence-corrected chi connectivity index (χ3v) is 4.14. The minimum Gasteiger partial charge on any atom is -0.481 e.